The number of hydrogen-bond donors (Lipinski definition) is 1. The molecular formula is C18H12Cl3F5N4OS. The van der Waals surface area contributed by atoms with Gasteiger partial charge in [-0.3, -0.25) is 9.48 Å². The van der Waals surface area contributed by atoms with E-state index in [1.807, 2.05) is 6.07 Å². The number of carbonyl (C=O) groups is 1. The first-order valence-corrected chi connectivity index (χ1v) is 11.6. The van der Waals surface area contributed by atoms with Crippen molar-refractivity contribution in [3.63, 3.8) is 0 Å². The molecule has 1 aromatic heterocycles. The van der Waals surface area contributed by atoms with Crippen LogP contribution >= 0.6 is 45.0 Å². The van der Waals surface area contributed by atoms with Crippen molar-refractivity contribution in [3.05, 3.63) is 57.2 Å². The van der Waals surface area contributed by atoms with E-state index in [2.05, 4.69) is 10.4 Å². The average Bonchev–Trinajstić information content (AvgIpc) is 3.08. The van der Waals surface area contributed by atoms with Gasteiger partial charge in [0.1, 0.15) is 16.0 Å². The summed E-state index contributed by atoms with van der Waals surface area (Å²) in [6, 6.07) is 4.74. The first-order chi connectivity index (χ1) is 14.4. The smallest absolute Gasteiger partial charge is 0.310 e. The van der Waals surface area contributed by atoms with Crippen molar-refractivity contribution >= 4 is 61.8 Å². The predicted molar refractivity (Wildman–Crippen MR) is 114 cm³/mol. The lowest BCUT2D eigenvalue weighted by molar-refractivity contribution is 0.0917. The van der Waals surface area contributed by atoms with Crippen LogP contribution in [-0.4, -0.2) is 21.2 Å². The third-order valence-electron chi connectivity index (χ3n) is 4.37. The summed E-state index contributed by atoms with van der Waals surface area (Å²) >= 11 is 18.2. The standard InChI is InChI=1S/C18H12Cl3F5N4OS/c1-18(8-27,9-30-7-12-13(19)6-14(20)15(21)16(12)29-30)28-17(31)10-2-4-11(5-3-10)32(22,23,24,25)26/h2-7H,9H2,1H3,(H,28,31). The topological polar surface area (TPSA) is 70.7 Å². The zero-order valence-electron chi connectivity index (χ0n) is 15.9. The first-order valence-electron chi connectivity index (χ1n) is 8.51. The molecule has 3 rings (SSSR count). The Labute approximate surface area is 193 Å². The van der Waals surface area contributed by atoms with Gasteiger partial charge in [-0.05, 0) is 37.3 Å². The molecule has 2 aromatic carbocycles. The zero-order chi connectivity index (χ0) is 24.2. The monoisotopic (exact) mass is 532 g/mol. The van der Waals surface area contributed by atoms with Gasteiger partial charge in [0.2, 0.25) is 0 Å². The highest BCUT2D eigenvalue weighted by molar-refractivity contribution is 8.45. The van der Waals surface area contributed by atoms with Gasteiger partial charge in [-0.25, -0.2) is 0 Å². The molecule has 14 heteroatoms. The predicted octanol–water partition coefficient (Wildman–Crippen LogP) is 7.37. The van der Waals surface area contributed by atoms with Gasteiger partial charge in [-0.2, -0.15) is 10.4 Å². The van der Waals surface area contributed by atoms with E-state index in [0.29, 0.717) is 17.5 Å². The summed E-state index contributed by atoms with van der Waals surface area (Å²) in [7, 11) is -9.86. The van der Waals surface area contributed by atoms with E-state index in [1.54, 1.807) is 0 Å². The lowest BCUT2D eigenvalue weighted by Crippen LogP contribution is -2.48. The van der Waals surface area contributed by atoms with E-state index in [9.17, 15) is 29.5 Å². The minimum absolute atomic E-state index is 0.119. The Hall–Kier alpha value is -2.26. The van der Waals surface area contributed by atoms with Crippen molar-refractivity contribution in [2.75, 3.05) is 0 Å². The van der Waals surface area contributed by atoms with Gasteiger partial charge in [0.05, 0.1) is 27.7 Å². The number of fused-ring (bicyclic) bond motifs is 1. The first kappa shape index (κ1) is 24.4. The van der Waals surface area contributed by atoms with Crippen molar-refractivity contribution in [1.29, 1.82) is 5.26 Å². The van der Waals surface area contributed by atoms with Crippen LogP contribution in [0.15, 0.2) is 41.4 Å². The van der Waals surface area contributed by atoms with Gasteiger partial charge in [0, 0.05) is 17.1 Å². The molecule has 0 saturated carbocycles. The summed E-state index contributed by atoms with van der Waals surface area (Å²) in [6.07, 6.45) is 1.48. The number of rotatable bonds is 5. The van der Waals surface area contributed by atoms with Gasteiger partial charge in [0.15, 0.2) is 0 Å². The molecule has 0 bridgehead atoms. The number of aromatic nitrogens is 2. The number of nitrogens with zero attached hydrogens (tertiary/aromatic N) is 3. The molecule has 32 heavy (non-hydrogen) atoms. The molecule has 0 radical (unpaired) electrons. The van der Waals surface area contributed by atoms with E-state index in [4.69, 9.17) is 34.8 Å². The molecule has 1 atom stereocenters. The lowest BCUT2D eigenvalue weighted by atomic mass is 10.0. The molecule has 172 valence electrons. The van der Waals surface area contributed by atoms with Crippen molar-refractivity contribution in [1.82, 2.24) is 15.1 Å². The van der Waals surface area contributed by atoms with E-state index in [-0.39, 0.29) is 44.8 Å². The van der Waals surface area contributed by atoms with Gasteiger partial charge >= 0.3 is 10.2 Å². The quantitative estimate of drug-likeness (QED) is 0.275. The van der Waals surface area contributed by atoms with E-state index >= 15 is 0 Å². The van der Waals surface area contributed by atoms with E-state index in [1.165, 1.54) is 23.9 Å². The number of amides is 1. The Morgan fingerprint density at radius 1 is 1.16 bits per heavy atom. The van der Waals surface area contributed by atoms with Crippen LogP contribution in [0.1, 0.15) is 17.3 Å². The van der Waals surface area contributed by atoms with Crippen molar-refractivity contribution in [3.8, 4) is 6.07 Å². The number of benzene rings is 2. The van der Waals surface area contributed by atoms with Crippen LogP contribution in [0.25, 0.3) is 10.9 Å². The van der Waals surface area contributed by atoms with Crippen LogP contribution in [0.5, 0.6) is 0 Å². The van der Waals surface area contributed by atoms with Gasteiger partial charge < -0.3 is 5.32 Å². The third kappa shape index (κ3) is 5.04. The van der Waals surface area contributed by atoms with Crippen LogP contribution in [0.4, 0.5) is 19.4 Å². The molecule has 1 N–H and O–H groups in total. The fourth-order valence-electron chi connectivity index (χ4n) is 2.82. The van der Waals surface area contributed by atoms with Gasteiger partial charge in [0.25, 0.3) is 5.91 Å². The largest absolute Gasteiger partial charge is 0.332 e. The maximum atomic E-state index is 12.8. The minimum atomic E-state index is -9.86. The van der Waals surface area contributed by atoms with Gasteiger partial charge in [-0.15, -0.1) is 0 Å². The third-order valence-corrected chi connectivity index (χ3v) is 6.62. The fraction of sp³-hybridized carbons (Fsp3) is 0.167. The van der Waals surface area contributed by atoms with Crippen LogP contribution in [0, 0.1) is 11.3 Å². The Balaban J connectivity index is 1.85. The maximum absolute atomic E-state index is 12.8. The molecule has 1 heterocycles. The summed E-state index contributed by atoms with van der Waals surface area (Å²) in [5.41, 5.74) is -1.66. The Morgan fingerprint density at radius 3 is 2.28 bits per heavy atom. The molecular weight excluding hydrogens is 522 g/mol. The fourth-order valence-corrected chi connectivity index (χ4v) is 4.16. The number of halogens is 8. The molecule has 0 aliphatic heterocycles. The van der Waals surface area contributed by atoms with Crippen molar-refractivity contribution < 1.29 is 24.2 Å². The van der Waals surface area contributed by atoms with Gasteiger partial charge in [-0.1, -0.05) is 54.2 Å². The van der Waals surface area contributed by atoms with E-state index < -0.39 is 26.6 Å². The SMILES string of the molecule is CC(C#N)(Cn1cc2c(Cl)cc(Cl)c(Cl)c2n1)NC(=O)c1ccc(S(F)(F)(F)(F)F)cc1. The van der Waals surface area contributed by atoms with Crippen molar-refractivity contribution in [2.24, 2.45) is 0 Å². The molecule has 1 amide bonds. The number of nitrogens with one attached hydrogen (secondary N) is 1. The highest BCUT2D eigenvalue weighted by Crippen LogP contribution is 3.02. The highest BCUT2D eigenvalue weighted by Gasteiger charge is 2.65. The van der Waals surface area contributed by atoms with Crippen LogP contribution in [-0.2, 0) is 6.54 Å². The van der Waals surface area contributed by atoms with Crippen LogP contribution in [0.2, 0.25) is 15.1 Å². The second-order valence-electron chi connectivity index (χ2n) is 7.13. The Bertz CT molecular complexity index is 1290. The molecule has 0 fully saturated rings. The summed E-state index contributed by atoms with van der Waals surface area (Å²) in [5.74, 6) is -0.946. The van der Waals surface area contributed by atoms with Crippen LogP contribution < -0.4 is 5.32 Å². The number of hydrogen-bond acceptors (Lipinski definition) is 3. The van der Waals surface area contributed by atoms with E-state index in [0.717, 1.165) is 0 Å². The lowest BCUT2D eigenvalue weighted by Gasteiger charge is -2.40. The zero-order valence-corrected chi connectivity index (χ0v) is 18.9. The minimum Gasteiger partial charge on any atom is -0.332 e. The molecule has 0 spiro atoms. The molecule has 3 aromatic rings. The Kier molecular flexibility index (Phi) is 5.42. The summed E-state index contributed by atoms with van der Waals surface area (Å²) in [5, 5.41) is 17.1. The summed E-state index contributed by atoms with van der Waals surface area (Å²) < 4.78 is 65.5. The average molecular weight is 534 g/mol. The molecule has 5 nitrogen and oxygen atoms in total. The molecule has 1 unspecified atom stereocenters. The number of nitriles is 1. The Morgan fingerprint density at radius 2 is 1.75 bits per heavy atom. The summed E-state index contributed by atoms with van der Waals surface area (Å²) in [4.78, 5) is 10.3. The second kappa shape index (κ2) is 7.12. The molecule has 0 aliphatic carbocycles. The van der Waals surface area contributed by atoms with Crippen LogP contribution in [0.3, 0.4) is 0 Å². The second-order valence-corrected chi connectivity index (χ2v) is 10.7. The van der Waals surface area contributed by atoms with Crippen molar-refractivity contribution in [2.45, 2.75) is 23.9 Å². The highest BCUT2D eigenvalue weighted by atomic mass is 35.5. The molecule has 0 aliphatic rings. The normalized spacial score (nSPS) is 16.0. The summed E-state index contributed by atoms with van der Waals surface area (Å²) in [6.45, 7) is 1.15. The maximum Gasteiger partial charge on any atom is 0.310 e. The molecule has 0 saturated heterocycles. The number of carbonyl (C=O) groups excluding carboxylic acids is 1.